The number of pyridine rings is 1. The zero-order chi connectivity index (χ0) is 21.3. The van der Waals surface area contributed by atoms with Crippen LogP contribution < -0.4 is 5.32 Å². The minimum absolute atomic E-state index is 0.153. The Labute approximate surface area is 179 Å². The molecule has 3 aromatic rings. The van der Waals surface area contributed by atoms with Crippen molar-refractivity contribution in [1.29, 1.82) is 0 Å². The quantitative estimate of drug-likeness (QED) is 0.501. The lowest BCUT2D eigenvalue weighted by Crippen LogP contribution is -2.30. The Kier molecular flexibility index (Phi) is 6.00. The third-order valence-corrected chi connectivity index (χ3v) is 6.49. The van der Waals surface area contributed by atoms with Crippen molar-refractivity contribution < 1.29 is 13.6 Å². The summed E-state index contributed by atoms with van der Waals surface area (Å²) in [5.74, 6) is -0.613. The van der Waals surface area contributed by atoms with Crippen LogP contribution in [0.2, 0.25) is 5.02 Å². The molecule has 4 rings (SSSR count). The molecule has 156 valence electrons. The Bertz CT molecular complexity index is 1080. The number of fused-ring (bicyclic) bond motifs is 1. The van der Waals surface area contributed by atoms with Crippen molar-refractivity contribution in [3.05, 3.63) is 70.9 Å². The SMILES string of the molecule is C[C@@H](C(=O)Nc1ccc(Cl)cc1F)[C@H]1CC[C@@H](c2ccnc3cc(F)ccc32)CC1. The number of amides is 1. The third kappa shape index (κ3) is 4.31. The fraction of sp³-hybridized carbons (Fsp3) is 0.333. The number of benzene rings is 2. The Morgan fingerprint density at radius 1 is 1.10 bits per heavy atom. The molecule has 1 heterocycles. The van der Waals surface area contributed by atoms with E-state index in [-0.39, 0.29) is 29.2 Å². The van der Waals surface area contributed by atoms with Gasteiger partial charge in [-0.3, -0.25) is 9.78 Å². The third-order valence-electron chi connectivity index (χ3n) is 6.26. The molecular formula is C24H23ClF2N2O. The van der Waals surface area contributed by atoms with E-state index in [4.69, 9.17) is 11.6 Å². The summed E-state index contributed by atoms with van der Waals surface area (Å²) in [6.07, 6.45) is 5.46. The smallest absolute Gasteiger partial charge is 0.227 e. The van der Waals surface area contributed by atoms with Crippen LogP contribution in [0.4, 0.5) is 14.5 Å². The Morgan fingerprint density at radius 2 is 1.87 bits per heavy atom. The molecule has 0 spiro atoms. The van der Waals surface area contributed by atoms with Gasteiger partial charge in [0.2, 0.25) is 5.91 Å². The molecule has 0 bridgehead atoms. The molecule has 1 N–H and O–H groups in total. The number of nitrogens with zero attached hydrogens (tertiary/aromatic N) is 1. The van der Waals surface area contributed by atoms with Gasteiger partial charge >= 0.3 is 0 Å². The lowest BCUT2D eigenvalue weighted by molar-refractivity contribution is -0.121. The maximum absolute atomic E-state index is 14.0. The normalized spacial score (nSPS) is 20.1. The highest BCUT2D eigenvalue weighted by Gasteiger charge is 2.30. The average molecular weight is 429 g/mol. The monoisotopic (exact) mass is 428 g/mol. The van der Waals surface area contributed by atoms with Gasteiger partial charge in [-0.05, 0) is 79.5 Å². The van der Waals surface area contributed by atoms with Crippen molar-refractivity contribution in [3.8, 4) is 0 Å². The molecule has 1 saturated carbocycles. The van der Waals surface area contributed by atoms with E-state index < -0.39 is 5.82 Å². The van der Waals surface area contributed by atoms with Crippen LogP contribution in [0.5, 0.6) is 0 Å². The number of rotatable bonds is 4. The molecule has 30 heavy (non-hydrogen) atoms. The summed E-state index contributed by atoms with van der Waals surface area (Å²) in [5, 5.41) is 3.98. The van der Waals surface area contributed by atoms with Crippen LogP contribution >= 0.6 is 11.6 Å². The molecule has 1 atom stereocenters. The maximum Gasteiger partial charge on any atom is 0.227 e. The van der Waals surface area contributed by atoms with E-state index in [1.165, 1.54) is 29.8 Å². The molecule has 1 aliphatic rings. The van der Waals surface area contributed by atoms with Gasteiger partial charge in [-0.15, -0.1) is 0 Å². The van der Waals surface area contributed by atoms with Gasteiger partial charge < -0.3 is 5.32 Å². The summed E-state index contributed by atoms with van der Waals surface area (Å²) >= 11 is 5.77. The van der Waals surface area contributed by atoms with Gasteiger partial charge in [-0.1, -0.05) is 18.5 Å². The second-order valence-corrected chi connectivity index (χ2v) is 8.51. The van der Waals surface area contributed by atoms with Crippen molar-refractivity contribution in [3.63, 3.8) is 0 Å². The second kappa shape index (κ2) is 8.68. The predicted octanol–water partition coefficient (Wildman–Crippen LogP) is 6.72. The van der Waals surface area contributed by atoms with Gasteiger partial charge in [-0.2, -0.15) is 0 Å². The van der Waals surface area contributed by atoms with Gasteiger partial charge in [-0.25, -0.2) is 8.78 Å². The number of hydrogen-bond donors (Lipinski definition) is 1. The number of carbonyl (C=O) groups excluding carboxylic acids is 1. The van der Waals surface area contributed by atoms with E-state index >= 15 is 0 Å². The first-order valence-corrected chi connectivity index (χ1v) is 10.6. The van der Waals surface area contributed by atoms with E-state index in [9.17, 15) is 13.6 Å². The summed E-state index contributed by atoms with van der Waals surface area (Å²) in [7, 11) is 0. The predicted molar refractivity (Wildman–Crippen MR) is 116 cm³/mol. The zero-order valence-electron chi connectivity index (χ0n) is 16.7. The Hall–Kier alpha value is -2.53. The molecule has 1 aliphatic carbocycles. The second-order valence-electron chi connectivity index (χ2n) is 8.08. The number of anilines is 1. The first-order valence-electron chi connectivity index (χ1n) is 10.2. The van der Waals surface area contributed by atoms with Gasteiger partial charge in [0.1, 0.15) is 11.6 Å². The molecule has 1 aromatic heterocycles. The van der Waals surface area contributed by atoms with Crippen LogP contribution in [0.3, 0.4) is 0 Å². The summed E-state index contributed by atoms with van der Waals surface area (Å²) in [6.45, 7) is 1.90. The minimum Gasteiger partial charge on any atom is -0.323 e. The summed E-state index contributed by atoms with van der Waals surface area (Å²) in [6, 6.07) is 11.0. The van der Waals surface area contributed by atoms with Crippen molar-refractivity contribution in [1.82, 2.24) is 4.98 Å². The van der Waals surface area contributed by atoms with Crippen LogP contribution in [0.25, 0.3) is 10.9 Å². The van der Waals surface area contributed by atoms with Crippen molar-refractivity contribution >= 4 is 34.1 Å². The molecule has 0 unspecified atom stereocenters. The summed E-state index contributed by atoms with van der Waals surface area (Å²) in [5.41, 5.74) is 2.02. The minimum atomic E-state index is -0.534. The van der Waals surface area contributed by atoms with Crippen LogP contribution in [0.15, 0.2) is 48.7 Å². The van der Waals surface area contributed by atoms with Gasteiger partial charge in [0.15, 0.2) is 0 Å². The molecular weight excluding hydrogens is 406 g/mol. The van der Waals surface area contributed by atoms with E-state index in [1.54, 1.807) is 18.3 Å². The van der Waals surface area contributed by atoms with E-state index in [0.717, 1.165) is 31.1 Å². The molecule has 1 fully saturated rings. The van der Waals surface area contributed by atoms with Crippen molar-refractivity contribution in [2.45, 2.75) is 38.5 Å². The lowest BCUT2D eigenvalue weighted by Gasteiger charge is -2.32. The first-order chi connectivity index (χ1) is 14.4. The van der Waals surface area contributed by atoms with Gasteiger partial charge in [0, 0.05) is 28.6 Å². The topological polar surface area (TPSA) is 42.0 Å². The average Bonchev–Trinajstić information content (AvgIpc) is 2.74. The Morgan fingerprint density at radius 3 is 2.60 bits per heavy atom. The number of halogens is 3. The highest BCUT2D eigenvalue weighted by molar-refractivity contribution is 6.30. The van der Waals surface area contributed by atoms with Crippen LogP contribution in [-0.4, -0.2) is 10.9 Å². The number of carbonyl (C=O) groups is 1. The fourth-order valence-electron chi connectivity index (χ4n) is 4.48. The van der Waals surface area contributed by atoms with Gasteiger partial charge in [0.25, 0.3) is 0 Å². The van der Waals surface area contributed by atoms with Crippen LogP contribution in [-0.2, 0) is 4.79 Å². The highest BCUT2D eigenvalue weighted by atomic mass is 35.5. The van der Waals surface area contributed by atoms with Crippen LogP contribution in [0.1, 0.15) is 44.1 Å². The molecule has 1 amide bonds. The highest BCUT2D eigenvalue weighted by Crippen LogP contribution is 2.41. The summed E-state index contributed by atoms with van der Waals surface area (Å²) < 4.78 is 27.5. The molecule has 0 saturated heterocycles. The number of hydrogen-bond acceptors (Lipinski definition) is 2. The maximum atomic E-state index is 14.0. The molecule has 3 nitrogen and oxygen atoms in total. The lowest BCUT2D eigenvalue weighted by atomic mass is 9.73. The Balaban J connectivity index is 1.41. The molecule has 6 heteroatoms. The molecule has 2 aromatic carbocycles. The zero-order valence-corrected chi connectivity index (χ0v) is 17.4. The number of nitrogens with one attached hydrogen (secondary N) is 1. The van der Waals surface area contributed by atoms with Crippen LogP contribution in [0, 0.1) is 23.5 Å². The fourth-order valence-corrected chi connectivity index (χ4v) is 4.64. The van der Waals surface area contributed by atoms with E-state index in [0.29, 0.717) is 16.5 Å². The molecule has 0 aliphatic heterocycles. The van der Waals surface area contributed by atoms with Gasteiger partial charge in [0.05, 0.1) is 11.2 Å². The van der Waals surface area contributed by atoms with E-state index in [2.05, 4.69) is 10.3 Å². The van der Waals surface area contributed by atoms with Crippen molar-refractivity contribution in [2.24, 2.45) is 11.8 Å². The largest absolute Gasteiger partial charge is 0.323 e. The number of aromatic nitrogens is 1. The van der Waals surface area contributed by atoms with E-state index in [1.807, 2.05) is 13.0 Å². The van der Waals surface area contributed by atoms with Crippen molar-refractivity contribution in [2.75, 3.05) is 5.32 Å². The first kappa shape index (κ1) is 20.7. The summed E-state index contributed by atoms with van der Waals surface area (Å²) in [4.78, 5) is 16.9. The molecule has 0 radical (unpaired) electrons. The standard InChI is InChI=1S/C24H23ClF2N2O/c1-14(24(30)29-22-9-6-17(25)12-21(22)27)15-2-4-16(5-3-15)19-10-11-28-23-13-18(26)7-8-20(19)23/h6-16H,2-5H2,1H3,(H,29,30)/t14-,15-,16+/m1/s1.